The van der Waals surface area contributed by atoms with Gasteiger partial charge in [0.25, 0.3) is 0 Å². The van der Waals surface area contributed by atoms with Gasteiger partial charge in [-0.25, -0.2) is 0 Å². The number of hydrogen-bond donors (Lipinski definition) is 1. The lowest BCUT2D eigenvalue weighted by molar-refractivity contribution is -0.384. The lowest BCUT2D eigenvalue weighted by atomic mass is 9.75. The smallest absolute Gasteiger partial charge is 0.311 e. The average Bonchev–Trinajstić information content (AvgIpc) is 2.37. The van der Waals surface area contributed by atoms with Crippen molar-refractivity contribution in [2.24, 2.45) is 5.41 Å². The van der Waals surface area contributed by atoms with Crippen LogP contribution in [0.2, 0.25) is 0 Å². The molecular formula is C14H21N3O3. The van der Waals surface area contributed by atoms with Crippen molar-refractivity contribution in [3.8, 4) is 5.88 Å². The Hall–Kier alpha value is -1.85. The Labute approximate surface area is 118 Å². The lowest BCUT2D eigenvalue weighted by Gasteiger charge is -2.35. The van der Waals surface area contributed by atoms with Crippen LogP contribution in [0.5, 0.6) is 5.88 Å². The highest BCUT2D eigenvalue weighted by molar-refractivity contribution is 5.57. The maximum Gasteiger partial charge on any atom is 0.311 e. The van der Waals surface area contributed by atoms with Crippen molar-refractivity contribution >= 4 is 11.5 Å². The molecule has 1 saturated carbocycles. The molecule has 1 aromatic heterocycles. The fourth-order valence-electron chi connectivity index (χ4n) is 2.82. The van der Waals surface area contributed by atoms with E-state index in [0.29, 0.717) is 11.7 Å². The minimum absolute atomic E-state index is 0.00539. The van der Waals surface area contributed by atoms with Gasteiger partial charge in [0.1, 0.15) is 0 Å². The molecular weight excluding hydrogens is 258 g/mol. The van der Waals surface area contributed by atoms with E-state index in [4.69, 9.17) is 4.74 Å². The van der Waals surface area contributed by atoms with Crippen LogP contribution in [0.15, 0.2) is 12.1 Å². The summed E-state index contributed by atoms with van der Waals surface area (Å²) in [7, 11) is 1.50. The van der Waals surface area contributed by atoms with Crippen LogP contribution in [0, 0.1) is 15.5 Å². The highest BCUT2D eigenvalue weighted by Crippen LogP contribution is 2.37. The second-order valence-electron chi connectivity index (χ2n) is 6.08. The molecule has 1 fully saturated rings. The number of anilines is 1. The molecule has 0 aliphatic heterocycles. The molecule has 1 heterocycles. The first-order valence-corrected chi connectivity index (χ1v) is 6.87. The van der Waals surface area contributed by atoms with Gasteiger partial charge in [-0.2, -0.15) is 4.98 Å². The molecule has 2 rings (SSSR count). The maximum absolute atomic E-state index is 11.1. The molecule has 1 aliphatic rings. The van der Waals surface area contributed by atoms with Gasteiger partial charge in [-0.05, 0) is 24.7 Å². The predicted octanol–water partition coefficient (Wildman–Crippen LogP) is 3.38. The molecule has 0 saturated heterocycles. The van der Waals surface area contributed by atoms with Crippen LogP contribution in [0.25, 0.3) is 0 Å². The van der Waals surface area contributed by atoms with E-state index in [1.807, 2.05) is 0 Å². The Balaban J connectivity index is 2.20. The Bertz CT molecular complexity index is 502. The second kappa shape index (κ2) is 5.64. The highest BCUT2D eigenvalue weighted by Gasteiger charge is 2.29. The summed E-state index contributed by atoms with van der Waals surface area (Å²) in [6.07, 6.45) is 4.32. The van der Waals surface area contributed by atoms with E-state index in [0.717, 1.165) is 19.3 Å². The van der Waals surface area contributed by atoms with Gasteiger partial charge >= 0.3 is 5.69 Å². The van der Waals surface area contributed by atoms with Gasteiger partial charge in [-0.3, -0.25) is 10.1 Å². The third-order valence-corrected chi connectivity index (χ3v) is 3.80. The van der Waals surface area contributed by atoms with Crippen molar-refractivity contribution in [1.82, 2.24) is 4.98 Å². The first-order chi connectivity index (χ1) is 9.41. The van der Waals surface area contributed by atoms with Gasteiger partial charge < -0.3 is 10.1 Å². The topological polar surface area (TPSA) is 77.3 Å². The molecule has 0 spiro atoms. The van der Waals surface area contributed by atoms with Crippen LogP contribution in [-0.2, 0) is 0 Å². The highest BCUT2D eigenvalue weighted by atomic mass is 16.6. The minimum Gasteiger partial charge on any atom is -0.481 e. The predicted molar refractivity (Wildman–Crippen MR) is 77.1 cm³/mol. The molecule has 6 nitrogen and oxygen atoms in total. The lowest BCUT2D eigenvalue weighted by Crippen LogP contribution is -2.32. The number of aromatic nitrogens is 1. The van der Waals surface area contributed by atoms with Crippen LogP contribution >= 0.6 is 0 Å². The van der Waals surface area contributed by atoms with Crippen molar-refractivity contribution < 1.29 is 9.66 Å². The summed E-state index contributed by atoms with van der Waals surface area (Å²) >= 11 is 0. The van der Waals surface area contributed by atoms with Crippen molar-refractivity contribution in [1.29, 1.82) is 0 Å². The number of nitro groups is 1. The van der Waals surface area contributed by atoms with E-state index in [2.05, 4.69) is 24.1 Å². The number of nitrogens with one attached hydrogen (secondary N) is 1. The standard InChI is InChI=1S/C14H21N3O3/c1-14(2)8-4-5-10(9-14)15-13-11(17(18)19)6-7-12(16-13)20-3/h6-7,10H,4-5,8-9H2,1-3H3,(H,15,16). The molecule has 1 N–H and O–H groups in total. The molecule has 0 amide bonds. The van der Waals surface area contributed by atoms with Gasteiger partial charge in [0.05, 0.1) is 12.0 Å². The number of nitrogens with zero attached hydrogens (tertiary/aromatic N) is 2. The third-order valence-electron chi connectivity index (χ3n) is 3.80. The van der Waals surface area contributed by atoms with Gasteiger partial charge in [-0.1, -0.05) is 20.3 Å². The maximum atomic E-state index is 11.1. The van der Waals surface area contributed by atoms with Crippen LogP contribution in [0.1, 0.15) is 39.5 Å². The molecule has 110 valence electrons. The summed E-state index contributed by atoms with van der Waals surface area (Å²) in [6, 6.07) is 3.16. The fourth-order valence-corrected chi connectivity index (χ4v) is 2.82. The van der Waals surface area contributed by atoms with E-state index < -0.39 is 4.92 Å². The van der Waals surface area contributed by atoms with E-state index in [1.54, 1.807) is 0 Å². The van der Waals surface area contributed by atoms with Gasteiger partial charge in [-0.15, -0.1) is 0 Å². The molecule has 0 bridgehead atoms. The monoisotopic (exact) mass is 279 g/mol. The Kier molecular flexibility index (Phi) is 4.11. The van der Waals surface area contributed by atoms with Crippen molar-refractivity contribution in [3.63, 3.8) is 0 Å². The molecule has 1 aromatic rings. The summed E-state index contributed by atoms with van der Waals surface area (Å²) in [5, 5.41) is 14.3. The minimum atomic E-state index is -0.414. The van der Waals surface area contributed by atoms with Gasteiger partial charge in [0, 0.05) is 18.2 Å². The zero-order valence-electron chi connectivity index (χ0n) is 12.2. The number of ether oxygens (including phenoxy) is 1. The van der Waals surface area contributed by atoms with Gasteiger partial charge in [0.2, 0.25) is 11.7 Å². The summed E-state index contributed by atoms with van der Waals surface area (Å²) in [6.45, 7) is 4.46. The summed E-state index contributed by atoms with van der Waals surface area (Å²) in [5.74, 6) is 0.685. The zero-order chi connectivity index (χ0) is 14.8. The largest absolute Gasteiger partial charge is 0.481 e. The quantitative estimate of drug-likeness (QED) is 0.675. The van der Waals surface area contributed by atoms with Crippen molar-refractivity contribution in [2.45, 2.75) is 45.6 Å². The molecule has 1 aliphatic carbocycles. The van der Waals surface area contributed by atoms with Crippen LogP contribution in [0.4, 0.5) is 11.5 Å². The second-order valence-corrected chi connectivity index (χ2v) is 6.08. The summed E-state index contributed by atoms with van der Waals surface area (Å²) < 4.78 is 5.05. The van der Waals surface area contributed by atoms with E-state index in [1.165, 1.54) is 25.7 Å². The number of rotatable bonds is 4. The van der Waals surface area contributed by atoms with E-state index in [9.17, 15) is 10.1 Å². The Morgan fingerprint density at radius 1 is 1.50 bits per heavy atom. The molecule has 6 heteroatoms. The van der Waals surface area contributed by atoms with Crippen LogP contribution in [-0.4, -0.2) is 23.1 Å². The molecule has 20 heavy (non-hydrogen) atoms. The fraction of sp³-hybridized carbons (Fsp3) is 0.643. The normalized spacial score (nSPS) is 21.2. The van der Waals surface area contributed by atoms with Crippen LogP contribution < -0.4 is 10.1 Å². The number of hydrogen-bond acceptors (Lipinski definition) is 5. The van der Waals surface area contributed by atoms with Crippen molar-refractivity contribution in [2.75, 3.05) is 12.4 Å². The van der Waals surface area contributed by atoms with Gasteiger partial charge in [0.15, 0.2) is 0 Å². The first-order valence-electron chi connectivity index (χ1n) is 6.87. The summed E-state index contributed by atoms with van der Waals surface area (Å²) in [4.78, 5) is 14.8. The zero-order valence-corrected chi connectivity index (χ0v) is 12.2. The number of pyridine rings is 1. The molecule has 1 unspecified atom stereocenters. The molecule has 0 aromatic carbocycles. The average molecular weight is 279 g/mol. The molecule has 0 radical (unpaired) electrons. The first kappa shape index (κ1) is 14.6. The Morgan fingerprint density at radius 3 is 2.85 bits per heavy atom. The van der Waals surface area contributed by atoms with E-state index >= 15 is 0 Å². The third kappa shape index (κ3) is 3.37. The summed E-state index contributed by atoms with van der Waals surface area (Å²) in [5.41, 5.74) is 0.262. The number of methoxy groups -OCH3 is 1. The SMILES string of the molecule is COc1ccc([N+](=O)[O-])c(NC2CCCC(C)(C)C2)n1. The van der Waals surface area contributed by atoms with Crippen molar-refractivity contribution in [3.05, 3.63) is 22.2 Å². The molecule has 1 atom stereocenters. The van der Waals surface area contributed by atoms with Crippen LogP contribution in [0.3, 0.4) is 0 Å². The Morgan fingerprint density at radius 2 is 2.25 bits per heavy atom. The van der Waals surface area contributed by atoms with E-state index in [-0.39, 0.29) is 17.1 Å².